The first kappa shape index (κ1) is 15.9. The monoisotopic (exact) mass is 328 g/mol. The van der Waals surface area contributed by atoms with E-state index in [0.717, 1.165) is 35.2 Å². The van der Waals surface area contributed by atoms with Crippen molar-refractivity contribution >= 4 is 22.7 Å². The molecule has 0 N–H and O–H groups in total. The number of fused-ring (bicyclic) bond motifs is 1. The Balaban J connectivity index is 1.78. The molecule has 0 radical (unpaired) electrons. The fraction of sp³-hybridized carbons (Fsp3) is 0.375. The van der Waals surface area contributed by atoms with Gasteiger partial charge in [0, 0.05) is 23.4 Å². The zero-order valence-electron chi connectivity index (χ0n) is 13.6. The van der Waals surface area contributed by atoms with Crippen molar-refractivity contribution in [1.82, 2.24) is 30.1 Å². The maximum atomic E-state index is 4.59. The van der Waals surface area contributed by atoms with E-state index in [4.69, 9.17) is 0 Å². The minimum atomic E-state index is 0.790. The highest BCUT2D eigenvalue weighted by atomic mass is 32.2. The van der Waals surface area contributed by atoms with Crippen LogP contribution in [0.1, 0.15) is 11.3 Å². The Labute approximate surface area is 139 Å². The number of benzene rings is 1. The highest BCUT2D eigenvalue weighted by Crippen LogP contribution is 2.25. The van der Waals surface area contributed by atoms with Gasteiger partial charge in [-0.25, -0.2) is 4.68 Å². The SMILES string of the molecule is Cc1cc(CSc2nnnn2CCN(C)C)c2ccccc2n1. The summed E-state index contributed by atoms with van der Waals surface area (Å²) in [5.41, 5.74) is 3.34. The second-order valence-corrected chi connectivity index (χ2v) is 6.66. The quantitative estimate of drug-likeness (QED) is 0.648. The topological polar surface area (TPSA) is 59.7 Å². The van der Waals surface area contributed by atoms with E-state index in [-0.39, 0.29) is 0 Å². The van der Waals surface area contributed by atoms with Crippen LogP contribution < -0.4 is 0 Å². The van der Waals surface area contributed by atoms with Crippen molar-refractivity contribution in [3.05, 3.63) is 41.6 Å². The zero-order valence-corrected chi connectivity index (χ0v) is 14.4. The lowest BCUT2D eigenvalue weighted by molar-refractivity contribution is 0.361. The average molecular weight is 328 g/mol. The molecule has 120 valence electrons. The number of likely N-dealkylation sites (N-methyl/N-ethyl adjacent to an activating group) is 1. The second kappa shape index (κ2) is 7.06. The molecule has 0 unspecified atom stereocenters. The lowest BCUT2D eigenvalue weighted by Gasteiger charge is -2.10. The van der Waals surface area contributed by atoms with Crippen LogP contribution in [-0.4, -0.2) is 50.7 Å². The van der Waals surface area contributed by atoms with Gasteiger partial charge in [-0.15, -0.1) is 5.10 Å². The number of tetrazole rings is 1. The van der Waals surface area contributed by atoms with Crippen LogP contribution in [0, 0.1) is 6.92 Å². The van der Waals surface area contributed by atoms with Crippen molar-refractivity contribution in [3.63, 3.8) is 0 Å². The number of aryl methyl sites for hydroxylation is 1. The lowest BCUT2D eigenvalue weighted by Crippen LogP contribution is -2.19. The third-order valence-corrected chi connectivity index (χ3v) is 4.55. The molecular weight excluding hydrogens is 308 g/mol. The molecule has 0 aliphatic carbocycles. The van der Waals surface area contributed by atoms with Crippen LogP contribution in [-0.2, 0) is 12.3 Å². The molecule has 0 saturated carbocycles. The van der Waals surface area contributed by atoms with Crippen LogP contribution in [0.2, 0.25) is 0 Å². The Morgan fingerprint density at radius 2 is 2.04 bits per heavy atom. The van der Waals surface area contributed by atoms with Crippen LogP contribution in [0.4, 0.5) is 0 Å². The summed E-state index contributed by atoms with van der Waals surface area (Å²) in [7, 11) is 4.09. The van der Waals surface area contributed by atoms with Crippen LogP contribution >= 0.6 is 11.8 Å². The minimum absolute atomic E-state index is 0.790. The first-order valence-electron chi connectivity index (χ1n) is 7.52. The molecule has 0 bridgehead atoms. The maximum Gasteiger partial charge on any atom is 0.209 e. The summed E-state index contributed by atoms with van der Waals surface area (Å²) in [6.07, 6.45) is 0. The first-order chi connectivity index (χ1) is 11.1. The molecule has 0 aliphatic rings. The molecule has 3 rings (SSSR count). The van der Waals surface area contributed by atoms with Gasteiger partial charge in [-0.3, -0.25) is 4.98 Å². The number of pyridine rings is 1. The molecule has 1 aromatic carbocycles. The highest BCUT2D eigenvalue weighted by Gasteiger charge is 2.10. The Hall–Kier alpha value is -1.99. The van der Waals surface area contributed by atoms with Crippen molar-refractivity contribution in [1.29, 1.82) is 0 Å². The van der Waals surface area contributed by atoms with Crippen molar-refractivity contribution in [2.24, 2.45) is 0 Å². The molecule has 2 heterocycles. The fourth-order valence-electron chi connectivity index (χ4n) is 2.39. The third-order valence-electron chi connectivity index (χ3n) is 3.54. The van der Waals surface area contributed by atoms with Gasteiger partial charge < -0.3 is 4.90 Å². The molecule has 0 atom stereocenters. The average Bonchev–Trinajstić information content (AvgIpc) is 2.98. The summed E-state index contributed by atoms with van der Waals surface area (Å²) in [6.45, 7) is 3.73. The molecule has 2 aromatic heterocycles. The van der Waals surface area contributed by atoms with E-state index in [1.807, 2.05) is 31.8 Å². The van der Waals surface area contributed by atoms with Gasteiger partial charge in [0.15, 0.2) is 0 Å². The van der Waals surface area contributed by atoms with E-state index in [2.05, 4.69) is 49.7 Å². The summed E-state index contributed by atoms with van der Waals surface area (Å²) in [6, 6.07) is 10.4. The van der Waals surface area contributed by atoms with E-state index in [1.54, 1.807) is 11.8 Å². The summed E-state index contributed by atoms with van der Waals surface area (Å²) in [5, 5.41) is 14.1. The standard InChI is InChI=1S/C16H20N6S/c1-12-10-13(14-6-4-5-7-15(14)17-12)11-23-16-18-19-20-22(16)9-8-21(2)3/h4-7,10H,8-9,11H2,1-3H3. The lowest BCUT2D eigenvalue weighted by atomic mass is 10.1. The van der Waals surface area contributed by atoms with Crippen LogP contribution in [0.15, 0.2) is 35.5 Å². The predicted molar refractivity (Wildman–Crippen MR) is 92.4 cm³/mol. The second-order valence-electron chi connectivity index (χ2n) is 5.72. The molecule has 0 aliphatic heterocycles. The van der Waals surface area contributed by atoms with Gasteiger partial charge in [-0.1, -0.05) is 30.0 Å². The van der Waals surface area contributed by atoms with E-state index < -0.39 is 0 Å². The fourth-order valence-corrected chi connectivity index (χ4v) is 3.29. The van der Waals surface area contributed by atoms with Gasteiger partial charge in [0.05, 0.1) is 12.1 Å². The smallest absolute Gasteiger partial charge is 0.209 e. The number of hydrogen-bond donors (Lipinski definition) is 0. The molecule has 3 aromatic rings. The van der Waals surface area contributed by atoms with Gasteiger partial charge in [0.2, 0.25) is 5.16 Å². The van der Waals surface area contributed by atoms with Crippen molar-refractivity contribution < 1.29 is 0 Å². The number of nitrogens with zero attached hydrogens (tertiary/aromatic N) is 6. The molecule has 0 amide bonds. The van der Waals surface area contributed by atoms with Crippen LogP contribution in [0.5, 0.6) is 0 Å². The molecule has 7 heteroatoms. The predicted octanol–water partition coefficient (Wildman–Crippen LogP) is 2.38. The summed E-state index contributed by atoms with van der Waals surface area (Å²) < 4.78 is 1.86. The minimum Gasteiger partial charge on any atom is -0.308 e. The Bertz CT molecular complexity index is 798. The number of thioether (sulfide) groups is 1. The largest absolute Gasteiger partial charge is 0.308 e. The van der Waals surface area contributed by atoms with Gasteiger partial charge in [0.1, 0.15) is 0 Å². The highest BCUT2D eigenvalue weighted by molar-refractivity contribution is 7.98. The van der Waals surface area contributed by atoms with Gasteiger partial charge in [0.25, 0.3) is 0 Å². The van der Waals surface area contributed by atoms with Crippen molar-refractivity contribution in [2.75, 3.05) is 20.6 Å². The van der Waals surface area contributed by atoms with E-state index in [9.17, 15) is 0 Å². The van der Waals surface area contributed by atoms with Crippen molar-refractivity contribution in [2.45, 2.75) is 24.4 Å². The Morgan fingerprint density at radius 1 is 1.22 bits per heavy atom. The number of rotatable bonds is 6. The number of para-hydroxylation sites is 1. The van der Waals surface area contributed by atoms with Gasteiger partial charge in [-0.05, 0) is 49.1 Å². The van der Waals surface area contributed by atoms with Crippen molar-refractivity contribution in [3.8, 4) is 0 Å². The molecule has 0 saturated heterocycles. The molecule has 0 spiro atoms. The van der Waals surface area contributed by atoms with Gasteiger partial charge >= 0.3 is 0 Å². The molecular formula is C16H20N6S. The normalized spacial score (nSPS) is 11.5. The molecule has 6 nitrogen and oxygen atoms in total. The Kier molecular flexibility index (Phi) is 4.88. The summed E-state index contributed by atoms with van der Waals surface area (Å²) >= 11 is 1.66. The van der Waals surface area contributed by atoms with Crippen LogP contribution in [0.3, 0.4) is 0 Å². The third kappa shape index (κ3) is 3.86. The van der Waals surface area contributed by atoms with Gasteiger partial charge in [-0.2, -0.15) is 0 Å². The zero-order chi connectivity index (χ0) is 16.2. The Morgan fingerprint density at radius 3 is 2.87 bits per heavy atom. The summed E-state index contributed by atoms with van der Waals surface area (Å²) in [4.78, 5) is 6.71. The van der Waals surface area contributed by atoms with E-state index in [0.29, 0.717) is 0 Å². The van der Waals surface area contributed by atoms with Crippen LogP contribution in [0.25, 0.3) is 10.9 Å². The maximum absolute atomic E-state index is 4.59. The molecule has 0 fully saturated rings. The number of aromatic nitrogens is 5. The first-order valence-corrected chi connectivity index (χ1v) is 8.51. The van der Waals surface area contributed by atoms with E-state index >= 15 is 0 Å². The molecule has 23 heavy (non-hydrogen) atoms. The van der Waals surface area contributed by atoms with E-state index in [1.165, 1.54) is 10.9 Å². The summed E-state index contributed by atoms with van der Waals surface area (Å²) in [5.74, 6) is 0.826. The number of hydrogen-bond acceptors (Lipinski definition) is 6.